The van der Waals surface area contributed by atoms with Crippen molar-refractivity contribution in [3.8, 4) is 0 Å². The van der Waals surface area contributed by atoms with Gasteiger partial charge in [0.25, 0.3) is 0 Å². The summed E-state index contributed by atoms with van der Waals surface area (Å²) in [5, 5.41) is 1.52. The summed E-state index contributed by atoms with van der Waals surface area (Å²) >= 11 is 0. The van der Waals surface area contributed by atoms with Gasteiger partial charge in [0, 0.05) is 16.8 Å². The standard InChI is InChI=1S/C14H10O5/c1-2-17-13(15)10-6-9-5-8-3-4-18-11(8)7-12(9)19-14(10)16/h3-7H,2H2,1H3. The Morgan fingerprint density at radius 2 is 2.05 bits per heavy atom. The molecule has 96 valence electrons. The van der Waals surface area contributed by atoms with Crippen LogP contribution in [-0.4, -0.2) is 12.6 Å². The first-order valence-electron chi connectivity index (χ1n) is 5.81. The maximum atomic E-state index is 11.7. The molecule has 0 aliphatic rings. The molecule has 0 aliphatic carbocycles. The number of carbonyl (C=O) groups excluding carboxylic acids is 1. The summed E-state index contributed by atoms with van der Waals surface area (Å²) in [5.74, 6) is -0.676. The van der Waals surface area contributed by atoms with Gasteiger partial charge in [-0.25, -0.2) is 9.59 Å². The van der Waals surface area contributed by atoms with Crippen LogP contribution in [0.15, 0.2) is 44.2 Å². The molecule has 0 saturated heterocycles. The van der Waals surface area contributed by atoms with Crippen molar-refractivity contribution < 1.29 is 18.4 Å². The van der Waals surface area contributed by atoms with E-state index in [0.717, 1.165) is 5.39 Å². The second-order valence-corrected chi connectivity index (χ2v) is 4.02. The van der Waals surface area contributed by atoms with E-state index in [4.69, 9.17) is 13.6 Å². The third-order valence-electron chi connectivity index (χ3n) is 2.80. The molecular formula is C14H10O5. The molecule has 0 spiro atoms. The zero-order valence-electron chi connectivity index (χ0n) is 10.1. The van der Waals surface area contributed by atoms with Crippen molar-refractivity contribution >= 4 is 27.9 Å². The Bertz CT molecular complexity index is 825. The molecule has 2 heterocycles. The van der Waals surface area contributed by atoms with Gasteiger partial charge in [0.15, 0.2) is 0 Å². The highest BCUT2D eigenvalue weighted by molar-refractivity contribution is 5.97. The molecule has 0 radical (unpaired) electrons. The average Bonchev–Trinajstić information content (AvgIpc) is 2.82. The Hall–Kier alpha value is -2.56. The van der Waals surface area contributed by atoms with E-state index in [-0.39, 0.29) is 12.2 Å². The first-order chi connectivity index (χ1) is 9.19. The van der Waals surface area contributed by atoms with Crippen LogP contribution in [0, 0.1) is 0 Å². The monoisotopic (exact) mass is 258 g/mol. The van der Waals surface area contributed by atoms with Gasteiger partial charge in [-0.1, -0.05) is 0 Å². The molecule has 0 N–H and O–H groups in total. The Kier molecular flexibility index (Phi) is 2.59. The third kappa shape index (κ3) is 1.89. The minimum Gasteiger partial charge on any atom is -0.464 e. The lowest BCUT2D eigenvalue weighted by Crippen LogP contribution is -2.16. The molecule has 3 aromatic rings. The van der Waals surface area contributed by atoms with Gasteiger partial charge >= 0.3 is 11.6 Å². The van der Waals surface area contributed by atoms with E-state index in [9.17, 15) is 9.59 Å². The second kappa shape index (κ2) is 4.28. The molecule has 1 aromatic carbocycles. The van der Waals surface area contributed by atoms with Gasteiger partial charge in [-0.05, 0) is 25.1 Å². The number of furan rings is 1. The quantitative estimate of drug-likeness (QED) is 0.522. The lowest BCUT2D eigenvalue weighted by Gasteiger charge is -2.02. The van der Waals surface area contributed by atoms with Crippen LogP contribution >= 0.6 is 0 Å². The van der Waals surface area contributed by atoms with Crippen molar-refractivity contribution in [1.82, 2.24) is 0 Å². The maximum absolute atomic E-state index is 11.7. The van der Waals surface area contributed by atoms with Crippen LogP contribution in [0.5, 0.6) is 0 Å². The Morgan fingerprint density at radius 1 is 1.21 bits per heavy atom. The summed E-state index contributed by atoms with van der Waals surface area (Å²) in [6.45, 7) is 1.88. The molecule has 0 amide bonds. The van der Waals surface area contributed by atoms with Crippen LogP contribution < -0.4 is 5.63 Å². The highest BCUT2D eigenvalue weighted by atomic mass is 16.5. The maximum Gasteiger partial charge on any atom is 0.351 e. The fourth-order valence-corrected chi connectivity index (χ4v) is 1.93. The van der Waals surface area contributed by atoms with E-state index in [1.54, 1.807) is 31.4 Å². The predicted octanol–water partition coefficient (Wildman–Crippen LogP) is 2.72. The number of fused-ring (bicyclic) bond motifs is 2. The number of ether oxygens (including phenoxy) is 1. The van der Waals surface area contributed by atoms with Gasteiger partial charge in [-0.15, -0.1) is 0 Å². The minimum absolute atomic E-state index is 0.0998. The predicted molar refractivity (Wildman–Crippen MR) is 68.2 cm³/mol. The van der Waals surface area contributed by atoms with Crippen molar-refractivity contribution in [3.05, 3.63) is 46.5 Å². The van der Waals surface area contributed by atoms with Crippen LogP contribution in [-0.2, 0) is 4.74 Å². The Morgan fingerprint density at radius 3 is 2.84 bits per heavy atom. The van der Waals surface area contributed by atoms with Gasteiger partial charge in [0.1, 0.15) is 16.7 Å². The number of hydrogen-bond acceptors (Lipinski definition) is 5. The Balaban J connectivity index is 2.25. The molecule has 19 heavy (non-hydrogen) atoms. The summed E-state index contributed by atoms with van der Waals surface area (Å²) in [6.07, 6.45) is 1.55. The highest BCUT2D eigenvalue weighted by Crippen LogP contribution is 2.23. The zero-order valence-corrected chi connectivity index (χ0v) is 10.1. The van der Waals surface area contributed by atoms with Crippen LogP contribution in [0.3, 0.4) is 0 Å². The first-order valence-corrected chi connectivity index (χ1v) is 5.81. The van der Waals surface area contributed by atoms with Crippen molar-refractivity contribution in [2.45, 2.75) is 6.92 Å². The van der Waals surface area contributed by atoms with Gasteiger partial charge in [-0.3, -0.25) is 0 Å². The molecular weight excluding hydrogens is 248 g/mol. The van der Waals surface area contributed by atoms with Crippen LogP contribution in [0.2, 0.25) is 0 Å². The lowest BCUT2D eigenvalue weighted by molar-refractivity contribution is 0.0522. The first kappa shape index (κ1) is 11.5. The molecule has 3 rings (SSSR count). The molecule has 2 aromatic heterocycles. The van der Waals surface area contributed by atoms with Crippen LogP contribution in [0.4, 0.5) is 0 Å². The van der Waals surface area contributed by atoms with E-state index in [2.05, 4.69) is 0 Å². The van der Waals surface area contributed by atoms with Crippen LogP contribution in [0.1, 0.15) is 17.3 Å². The summed E-state index contributed by atoms with van der Waals surface area (Å²) in [6, 6.07) is 6.69. The van der Waals surface area contributed by atoms with Crippen molar-refractivity contribution in [2.24, 2.45) is 0 Å². The number of esters is 1. The number of carbonyl (C=O) groups is 1. The number of hydrogen-bond donors (Lipinski definition) is 0. The minimum atomic E-state index is -0.711. The molecule has 0 atom stereocenters. The molecule has 0 fully saturated rings. The highest BCUT2D eigenvalue weighted by Gasteiger charge is 2.15. The topological polar surface area (TPSA) is 69.7 Å². The summed E-state index contributed by atoms with van der Waals surface area (Å²) in [5.41, 5.74) is 0.189. The molecule has 0 saturated carbocycles. The van der Waals surface area contributed by atoms with E-state index < -0.39 is 11.6 Å². The van der Waals surface area contributed by atoms with E-state index >= 15 is 0 Å². The average molecular weight is 258 g/mol. The van der Waals surface area contributed by atoms with Crippen LogP contribution in [0.25, 0.3) is 21.9 Å². The van der Waals surface area contributed by atoms with Gasteiger partial charge < -0.3 is 13.6 Å². The zero-order chi connectivity index (χ0) is 13.4. The summed E-state index contributed by atoms with van der Waals surface area (Å²) in [7, 11) is 0. The fourth-order valence-electron chi connectivity index (χ4n) is 1.93. The SMILES string of the molecule is CCOC(=O)c1cc2cc3ccoc3cc2oc1=O. The normalized spacial score (nSPS) is 11.0. The van der Waals surface area contributed by atoms with E-state index in [1.165, 1.54) is 6.07 Å². The summed E-state index contributed by atoms with van der Waals surface area (Å²) in [4.78, 5) is 23.3. The number of benzene rings is 1. The van der Waals surface area contributed by atoms with Gasteiger partial charge in [-0.2, -0.15) is 0 Å². The van der Waals surface area contributed by atoms with Gasteiger partial charge in [0.05, 0.1) is 12.9 Å². The second-order valence-electron chi connectivity index (χ2n) is 4.02. The van der Waals surface area contributed by atoms with Crippen molar-refractivity contribution in [2.75, 3.05) is 6.61 Å². The van der Waals surface area contributed by atoms with Crippen molar-refractivity contribution in [1.29, 1.82) is 0 Å². The molecule has 5 heteroatoms. The molecule has 0 bridgehead atoms. The Labute approximate surface area is 107 Å². The number of rotatable bonds is 2. The summed E-state index contributed by atoms with van der Waals surface area (Å²) < 4.78 is 15.2. The smallest absolute Gasteiger partial charge is 0.351 e. The molecule has 0 unspecified atom stereocenters. The molecule has 5 nitrogen and oxygen atoms in total. The van der Waals surface area contributed by atoms with Crippen molar-refractivity contribution in [3.63, 3.8) is 0 Å². The lowest BCUT2D eigenvalue weighted by atomic mass is 10.1. The third-order valence-corrected chi connectivity index (χ3v) is 2.80. The van der Waals surface area contributed by atoms with Gasteiger partial charge in [0.2, 0.25) is 0 Å². The fraction of sp³-hybridized carbons (Fsp3) is 0.143. The molecule has 0 aliphatic heterocycles. The largest absolute Gasteiger partial charge is 0.464 e. The van der Waals surface area contributed by atoms with E-state index in [0.29, 0.717) is 16.6 Å². The van der Waals surface area contributed by atoms with E-state index in [1.807, 2.05) is 0 Å².